The van der Waals surface area contributed by atoms with Gasteiger partial charge >= 0.3 is 0 Å². The van der Waals surface area contributed by atoms with Gasteiger partial charge in [0.2, 0.25) is 5.24 Å². The molecular formula is C18H21ClN2O2. The van der Waals surface area contributed by atoms with Crippen molar-refractivity contribution in [1.29, 1.82) is 0 Å². The largest absolute Gasteiger partial charge is 0.490 e. The summed E-state index contributed by atoms with van der Waals surface area (Å²) in [5.74, 6) is 0.496. The fraction of sp³-hybridized carbons (Fsp3) is 0.444. The third-order valence-electron chi connectivity index (χ3n) is 4.68. The highest BCUT2D eigenvalue weighted by atomic mass is 35.5. The molecule has 0 radical (unpaired) electrons. The number of aryl methyl sites for hydroxylation is 1. The molecule has 0 amide bonds. The molecule has 1 aromatic heterocycles. The highest BCUT2D eigenvalue weighted by Crippen LogP contribution is 2.36. The Labute approximate surface area is 141 Å². The van der Waals surface area contributed by atoms with Gasteiger partial charge < -0.3 is 10.1 Å². The Kier molecular flexibility index (Phi) is 4.55. The zero-order valence-corrected chi connectivity index (χ0v) is 14.2. The normalized spacial score (nSPS) is 21.7. The van der Waals surface area contributed by atoms with Crippen LogP contribution in [0.25, 0.3) is 5.57 Å². The maximum Gasteiger partial charge on any atom is 0.228 e. The Morgan fingerprint density at radius 2 is 2.30 bits per heavy atom. The Balaban J connectivity index is 1.77. The number of pyridine rings is 1. The van der Waals surface area contributed by atoms with E-state index in [0.29, 0.717) is 13.0 Å². The van der Waals surface area contributed by atoms with Crippen LogP contribution in [0.1, 0.15) is 30.5 Å². The molecule has 1 atom stereocenters. The van der Waals surface area contributed by atoms with Crippen LogP contribution in [0, 0.1) is 12.8 Å². The predicted octanol–water partition coefficient (Wildman–Crippen LogP) is 3.25. The van der Waals surface area contributed by atoms with Crippen LogP contribution >= 0.6 is 11.6 Å². The van der Waals surface area contributed by atoms with Gasteiger partial charge in [0, 0.05) is 11.3 Å². The number of nitrogens with zero attached hydrogens (tertiary/aromatic N) is 1. The summed E-state index contributed by atoms with van der Waals surface area (Å²) in [6, 6.07) is 2.01. The number of allylic oxidation sites excluding steroid dienone is 4. The number of halogens is 1. The molecule has 1 fully saturated rings. The Morgan fingerprint density at radius 1 is 1.52 bits per heavy atom. The Hall–Kier alpha value is -1.65. The second kappa shape index (κ2) is 6.46. The summed E-state index contributed by atoms with van der Waals surface area (Å²) in [5.41, 5.74) is 3.14. The number of likely N-dealkylation sites (N-methyl/N-ethyl adjacent to an activating group) is 1. The number of carbonyl (C=O) groups excluding carboxylic acids is 1. The van der Waals surface area contributed by atoms with Gasteiger partial charge in [-0.3, -0.25) is 9.78 Å². The van der Waals surface area contributed by atoms with E-state index in [9.17, 15) is 4.79 Å². The first kappa shape index (κ1) is 16.2. The van der Waals surface area contributed by atoms with Crippen molar-refractivity contribution in [3.05, 3.63) is 41.7 Å². The summed E-state index contributed by atoms with van der Waals surface area (Å²) >= 11 is 5.64. The van der Waals surface area contributed by atoms with E-state index in [1.165, 1.54) is 0 Å². The Morgan fingerprint density at radius 3 is 2.96 bits per heavy atom. The fourth-order valence-electron chi connectivity index (χ4n) is 2.79. The van der Waals surface area contributed by atoms with Crippen molar-refractivity contribution in [2.75, 3.05) is 13.7 Å². The molecule has 2 aliphatic rings. The van der Waals surface area contributed by atoms with Crippen LogP contribution in [-0.4, -0.2) is 29.4 Å². The van der Waals surface area contributed by atoms with Gasteiger partial charge in [0.1, 0.15) is 12.4 Å². The molecule has 23 heavy (non-hydrogen) atoms. The predicted molar refractivity (Wildman–Crippen MR) is 91.6 cm³/mol. The minimum absolute atomic E-state index is 0.133. The molecule has 1 saturated carbocycles. The van der Waals surface area contributed by atoms with Crippen LogP contribution in [0.4, 0.5) is 0 Å². The van der Waals surface area contributed by atoms with Crippen LogP contribution in [0.3, 0.4) is 0 Å². The van der Waals surface area contributed by atoms with Crippen LogP contribution in [0.15, 0.2) is 30.5 Å². The van der Waals surface area contributed by atoms with E-state index in [-0.39, 0.29) is 16.7 Å². The first-order valence-corrected chi connectivity index (χ1v) is 8.26. The smallest absolute Gasteiger partial charge is 0.228 e. The molecule has 1 N–H and O–H groups in total. The average molecular weight is 333 g/mol. The molecule has 1 unspecified atom stereocenters. The third-order valence-corrected chi connectivity index (χ3v) is 4.96. The van der Waals surface area contributed by atoms with Crippen molar-refractivity contribution < 1.29 is 9.53 Å². The van der Waals surface area contributed by atoms with Gasteiger partial charge in [-0.25, -0.2) is 0 Å². The van der Waals surface area contributed by atoms with E-state index in [2.05, 4.69) is 10.3 Å². The van der Waals surface area contributed by atoms with E-state index >= 15 is 0 Å². The maximum absolute atomic E-state index is 11.4. The van der Waals surface area contributed by atoms with Gasteiger partial charge in [-0.05, 0) is 56.5 Å². The Bertz CT molecular complexity index is 678. The maximum atomic E-state index is 11.4. The SMILES string of the molecule is CNC1(COc2cnc(C)c(C3=CC=CC(C(=O)Cl)C3)c2)CC1. The van der Waals surface area contributed by atoms with Crippen LogP contribution in [-0.2, 0) is 4.79 Å². The highest BCUT2D eigenvalue weighted by molar-refractivity contribution is 6.64. The van der Waals surface area contributed by atoms with Gasteiger partial charge in [-0.1, -0.05) is 18.2 Å². The molecular weight excluding hydrogens is 312 g/mol. The summed E-state index contributed by atoms with van der Waals surface area (Å²) in [4.78, 5) is 15.9. The van der Waals surface area contributed by atoms with Gasteiger partial charge in [-0.15, -0.1) is 0 Å². The molecule has 0 bridgehead atoms. The lowest BCUT2D eigenvalue weighted by atomic mass is 9.90. The van der Waals surface area contributed by atoms with Crippen molar-refractivity contribution in [3.63, 3.8) is 0 Å². The lowest BCUT2D eigenvalue weighted by Crippen LogP contribution is -2.33. The zero-order valence-electron chi connectivity index (χ0n) is 13.4. The van der Waals surface area contributed by atoms with Crippen LogP contribution in [0.2, 0.25) is 0 Å². The quantitative estimate of drug-likeness (QED) is 0.812. The van der Waals surface area contributed by atoms with Crippen LogP contribution < -0.4 is 10.1 Å². The number of carbonyl (C=O) groups is 1. The van der Waals surface area contributed by atoms with Crippen molar-refractivity contribution in [3.8, 4) is 5.75 Å². The number of rotatable bonds is 6. The van der Waals surface area contributed by atoms with Crippen molar-refractivity contribution in [2.24, 2.45) is 5.92 Å². The van der Waals surface area contributed by atoms with Gasteiger partial charge in [0.05, 0.1) is 17.7 Å². The van der Waals surface area contributed by atoms with Crippen molar-refractivity contribution in [2.45, 2.75) is 31.7 Å². The summed E-state index contributed by atoms with van der Waals surface area (Å²) in [6.45, 7) is 2.61. The highest BCUT2D eigenvalue weighted by Gasteiger charge is 2.41. The monoisotopic (exact) mass is 332 g/mol. The first-order chi connectivity index (χ1) is 11.0. The topological polar surface area (TPSA) is 51.2 Å². The summed E-state index contributed by atoms with van der Waals surface area (Å²) in [5, 5.41) is 2.99. The minimum atomic E-state index is -0.324. The molecule has 1 aromatic rings. The number of aromatic nitrogens is 1. The van der Waals surface area contributed by atoms with Gasteiger partial charge in [0.15, 0.2) is 0 Å². The molecule has 4 nitrogen and oxygen atoms in total. The van der Waals surface area contributed by atoms with E-state index in [1.807, 2.05) is 38.3 Å². The minimum Gasteiger partial charge on any atom is -0.490 e. The molecule has 0 aliphatic heterocycles. The number of hydrogen-bond acceptors (Lipinski definition) is 4. The molecule has 0 saturated heterocycles. The summed E-state index contributed by atoms with van der Waals surface area (Å²) in [6.07, 6.45) is 10.4. The standard InChI is InChI=1S/C18H21ClN2O2/c1-12-16(13-4-3-5-14(8-13)17(19)22)9-15(10-21-12)23-11-18(20-2)6-7-18/h3-5,9-10,14,20H,6-8,11H2,1-2H3. The number of nitrogens with one attached hydrogen (secondary N) is 1. The molecule has 122 valence electrons. The molecule has 3 rings (SSSR count). The molecule has 0 spiro atoms. The van der Waals surface area contributed by atoms with E-state index < -0.39 is 0 Å². The molecule has 2 aliphatic carbocycles. The second-order valence-electron chi connectivity index (χ2n) is 6.31. The lowest BCUT2D eigenvalue weighted by molar-refractivity contribution is -0.113. The average Bonchev–Trinajstić information content (AvgIpc) is 3.35. The molecule has 1 heterocycles. The summed E-state index contributed by atoms with van der Waals surface area (Å²) in [7, 11) is 1.97. The third kappa shape index (κ3) is 3.65. The van der Waals surface area contributed by atoms with Crippen molar-refractivity contribution in [1.82, 2.24) is 10.3 Å². The van der Waals surface area contributed by atoms with Crippen LogP contribution in [0.5, 0.6) is 5.75 Å². The lowest BCUT2D eigenvalue weighted by Gasteiger charge is -2.19. The van der Waals surface area contributed by atoms with Crippen molar-refractivity contribution >= 4 is 22.4 Å². The van der Waals surface area contributed by atoms with E-state index in [0.717, 1.165) is 35.4 Å². The number of ether oxygens (including phenoxy) is 1. The first-order valence-electron chi connectivity index (χ1n) is 7.88. The second-order valence-corrected chi connectivity index (χ2v) is 6.69. The molecule has 0 aromatic carbocycles. The molecule has 5 heteroatoms. The zero-order chi connectivity index (χ0) is 16.4. The van der Waals surface area contributed by atoms with Gasteiger partial charge in [0.25, 0.3) is 0 Å². The van der Waals surface area contributed by atoms with E-state index in [4.69, 9.17) is 16.3 Å². The van der Waals surface area contributed by atoms with E-state index in [1.54, 1.807) is 6.20 Å². The summed E-state index contributed by atoms with van der Waals surface area (Å²) < 4.78 is 5.92. The van der Waals surface area contributed by atoms with Gasteiger partial charge in [-0.2, -0.15) is 0 Å². The number of hydrogen-bond donors (Lipinski definition) is 1. The fourth-order valence-corrected chi connectivity index (χ4v) is 2.94.